The predicted molar refractivity (Wildman–Crippen MR) is 156 cm³/mol. The molecule has 1 fully saturated rings. The first kappa shape index (κ1) is 25.1. The summed E-state index contributed by atoms with van der Waals surface area (Å²) in [5.74, 6) is -0.399. The molecule has 0 saturated heterocycles. The molecule has 1 saturated carbocycles. The Hall–Kier alpha value is -4.91. The van der Waals surface area contributed by atoms with Crippen LogP contribution in [0.15, 0.2) is 67.5 Å². The summed E-state index contributed by atoms with van der Waals surface area (Å²) < 4.78 is 25.4. The molecule has 0 radical (unpaired) electrons. The van der Waals surface area contributed by atoms with Crippen molar-refractivity contribution >= 4 is 22.3 Å². The fourth-order valence-corrected chi connectivity index (χ4v) is 4.62. The molecule has 206 valence electrons. The van der Waals surface area contributed by atoms with Gasteiger partial charge in [0.1, 0.15) is 23.9 Å². The van der Waals surface area contributed by atoms with E-state index in [1.807, 2.05) is 12.1 Å². The zero-order valence-corrected chi connectivity index (χ0v) is 23.1. The van der Waals surface area contributed by atoms with Crippen LogP contribution in [0.1, 0.15) is 63.9 Å². The molecule has 9 nitrogen and oxygen atoms in total. The SMILES string of the molecule is [2H][C@@](Nc1cc(-c2cncnc2)c2ncc(C#N)c(NCC(C)(C)C)c2c1)(c1ccc(F)cc1)c1cn(C2CC2)nn1. The van der Waals surface area contributed by atoms with Crippen LogP contribution in [0.25, 0.3) is 22.0 Å². The standard InChI is InChI=1S/C31H30FN9/c1-31(2,3)17-37-28-20(12-33)15-36-30-25(21-13-34-18-35-14-21)10-23(11-26(28)30)38-29(19-4-6-22(32)7-5-19)27-16-41(40-39-27)24-8-9-24/h4-7,10-11,13-16,18,24,29,38H,8-9,17H2,1-3H3,(H,36,37)/t29-/m1/s1/i29D. The number of hydrogen-bond donors (Lipinski definition) is 2. The number of anilines is 2. The van der Waals surface area contributed by atoms with Gasteiger partial charge in [-0.05, 0) is 48.1 Å². The summed E-state index contributed by atoms with van der Waals surface area (Å²) in [6, 6.07) is 10.5. The summed E-state index contributed by atoms with van der Waals surface area (Å²) in [5, 5.41) is 26.2. The van der Waals surface area contributed by atoms with Crippen LogP contribution in [0.2, 0.25) is 0 Å². The van der Waals surface area contributed by atoms with Gasteiger partial charge in [-0.25, -0.2) is 19.0 Å². The van der Waals surface area contributed by atoms with Gasteiger partial charge >= 0.3 is 0 Å². The number of benzene rings is 2. The number of pyridine rings is 1. The summed E-state index contributed by atoms with van der Waals surface area (Å²) in [4.78, 5) is 13.1. The van der Waals surface area contributed by atoms with E-state index in [0.717, 1.165) is 24.0 Å². The van der Waals surface area contributed by atoms with Crippen molar-refractivity contribution in [2.75, 3.05) is 17.2 Å². The Labute approximate surface area is 238 Å². The number of halogens is 1. The van der Waals surface area contributed by atoms with Crippen molar-refractivity contribution in [3.05, 3.63) is 90.2 Å². The topological polar surface area (TPSA) is 117 Å². The second-order valence-corrected chi connectivity index (χ2v) is 11.4. The van der Waals surface area contributed by atoms with Crippen molar-refractivity contribution in [1.29, 1.82) is 5.26 Å². The van der Waals surface area contributed by atoms with E-state index in [2.05, 4.69) is 62.7 Å². The summed E-state index contributed by atoms with van der Waals surface area (Å²) >= 11 is 0. The summed E-state index contributed by atoms with van der Waals surface area (Å²) in [6.45, 7) is 6.95. The molecule has 41 heavy (non-hydrogen) atoms. The van der Waals surface area contributed by atoms with Crippen molar-refractivity contribution in [3.63, 3.8) is 0 Å². The highest BCUT2D eigenvalue weighted by molar-refractivity contribution is 6.04. The highest BCUT2D eigenvalue weighted by Crippen LogP contribution is 2.38. The molecule has 2 aromatic carbocycles. The Bertz CT molecular complexity index is 1790. The number of aromatic nitrogens is 6. The normalized spacial score (nSPS) is 15.1. The molecular formula is C31H30FN9. The third kappa shape index (κ3) is 5.70. The first-order chi connectivity index (χ1) is 20.1. The minimum atomic E-state index is -1.61. The molecule has 0 unspecified atom stereocenters. The Balaban J connectivity index is 1.55. The lowest BCUT2D eigenvalue weighted by molar-refractivity contribution is 0.443. The fourth-order valence-electron chi connectivity index (χ4n) is 4.62. The van der Waals surface area contributed by atoms with Crippen LogP contribution in [0.5, 0.6) is 0 Å². The first-order valence-corrected chi connectivity index (χ1v) is 13.5. The maximum absolute atomic E-state index is 13.9. The van der Waals surface area contributed by atoms with Crippen molar-refractivity contribution in [2.45, 2.75) is 45.7 Å². The van der Waals surface area contributed by atoms with Gasteiger partial charge in [-0.2, -0.15) is 5.26 Å². The molecule has 3 heterocycles. The Morgan fingerprint density at radius 3 is 2.59 bits per heavy atom. The quantitative estimate of drug-likeness (QED) is 0.232. The Morgan fingerprint density at radius 2 is 1.90 bits per heavy atom. The van der Waals surface area contributed by atoms with E-state index >= 15 is 0 Å². The number of nitrogens with zero attached hydrogens (tertiary/aromatic N) is 7. The van der Waals surface area contributed by atoms with Crippen LogP contribution in [-0.4, -0.2) is 36.5 Å². The molecule has 10 heteroatoms. The Kier molecular flexibility index (Phi) is 6.47. The maximum Gasteiger partial charge on any atom is 0.123 e. The fraction of sp³-hybridized carbons (Fsp3) is 0.290. The van der Waals surface area contributed by atoms with E-state index in [0.29, 0.717) is 45.6 Å². The molecule has 0 amide bonds. The molecule has 1 aliphatic carbocycles. The van der Waals surface area contributed by atoms with E-state index in [9.17, 15) is 11.0 Å². The van der Waals surface area contributed by atoms with Crippen LogP contribution in [0, 0.1) is 22.6 Å². The predicted octanol–water partition coefficient (Wildman–Crippen LogP) is 6.29. The van der Waals surface area contributed by atoms with Gasteiger partial charge in [0.15, 0.2) is 0 Å². The summed E-state index contributed by atoms with van der Waals surface area (Å²) in [7, 11) is 0. The minimum Gasteiger partial charge on any atom is -0.383 e. The number of fused-ring (bicyclic) bond motifs is 1. The number of hydrogen-bond acceptors (Lipinski definition) is 8. The van der Waals surface area contributed by atoms with Crippen LogP contribution < -0.4 is 10.6 Å². The van der Waals surface area contributed by atoms with Gasteiger partial charge in [0.25, 0.3) is 0 Å². The molecule has 5 aromatic rings. The van der Waals surface area contributed by atoms with Crippen LogP contribution in [0.3, 0.4) is 0 Å². The van der Waals surface area contributed by atoms with Crippen molar-refractivity contribution in [1.82, 2.24) is 29.9 Å². The van der Waals surface area contributed by atoms with E-state index < -0.39 is 11.8 Å². The van der Waals surface area contributed by atoms with Crippen LogP contribution in [0.4, 0.5) is 15.8 Å². The molecule has 1 aliphatic rings. The number of nitrogens with one attached hydrogen (secondary N) is 2. The van der Waals surface area contributed by atoms with Gasteiger partial charge < -0.3 is 10.6 Å². The average Bonchev–Trinajstić information content (AvgIpc) is 3.71. The first-order valence-electron chi connectivity index (χ1n) is 14.0. The van der Waals surface area contributed by atoms with Gasteiger partial charge in [-0.15, -0.1) is 5.10 Å². The van der Waals surface area contributed by atoms with E-state index in [1.54, 1.807) is 41.6 Å². The summed E-state index contributed by atoms with van der Waals surface area (Å²) in [6.07, 6.45) is 10.2. The third-order valence-corrected chi connectivity index (χ3v) is 6.85. The van der Waals surface area contributed by atoms with Gasteiger partial charge in [0.05, 0.1) is 36.4 Å². The smallest absolute Gasteiger partial charge is 0.123 e. The van der Waals surface area contributed by atoms with Gasteiger partial charge in [0.2, 0.25) is 0 Å². The number of nitriles is 1. The number of rotatable bonds is 8. The molecule has 6 rings (SSSR count). The molecule has 0 spiro atoms. The molecule has 3 aromatic heterocycles. The lowest BCUT2D eigenvalue weighted by Crippen LogP contribution is -2.20. The van der Waals surface area contributed by atoms with Crippen LogP contribution in [-0.2, 0) is 0 Å². The van der Waals surface area contributed by atoms with Gasteiger partial charge in [0, 0.05) is 47.3 Å². The largest absolute Gasteiger partial charge is 0.383 e. The highest BCUT2D eigenvalue weighted by Gasteiger charge is 2.27. The lowest BCUT2D eigenvalue weighted by Gasteiger charge is -2.23. The monoisotopic (exact) mass is 548 g/mol. The maximum atomic E-state index is 13.9. The zero-order chi connectivity index (χ0) is 29.5. The third-order valence-electron chi connectivity index (χ3n) is 6.85. The van der Waals surface area contributed by atoms with E-state index in [1.165, 1.54) is 18.5 Å². The molecule has 0 aliphatic heterocycles. The Morgan fingerprint density at radius 1 is 1.15 bits per heavy atom. The molecule has 0 bridgehead atoms. The van der Waals surface area contributed by atoms with Crippen LogP contribution >= 0.6 is 0 Å². The average molecular weight is 549 g/mol. The van der Waals surface area contributed by atoms with Crippen molar-refractivity contribution < 1.29 is 5.76 Å². The van der Waals surface area contributed by atoms with E-state index in [4.69, 9.17) is 0 Å². The highest BCUT2D eigenvalue weighted by atomic mass is 19.1. The molecule has 1 atom stereocenters. The van der Waals surface area contributed by atoms with Gasteiger partial charge in [-0.3, -0.25) is 4.98 Å². The second-order valence-electron chi connectivity index (χ2n) is 11.4. The van der Waals surface area contributed by atoms with E-state index in [-0.39, 0.29) is 11.5 Å². The lowest BCUT2D eigenvalue weighted by atomic mass is 9.95. The van der Waals surface area contributed by atoms with Gasteiger partial charge in [-0.1, -0.05) is 38.1 Å². The molecular weight excluding hydrogens is 517 g/mol. The molecule has 2 N–H and O–H groups in total. The minimum absolute atomic E-state index is 0.0550. The van der Waals surface area contributed by atoms with Crippen molar-refractivity contribution in [3.8, 4) is 17.2 Å². The second kappa shape index (κ2) is 10.6. The zero-order valence-electron chi connectivity index (χ0n) is 24.1. The summed E-state index contributed by atoms with van der Waals surface area (Å²) in [5.41, 5.74) is 4.54. The van der Waals surface area contributed by atoms with Crippen molar-refractivity contribution in [2.24, 2.45) is 5.41 Å².